The zero-order valence-corrected chi connectivity index (χ0v) is 20.7. The fourth-order valence-electron chi connectivity index (χ4n) is 5.19. The number of nitrogens with zero attached hydrogens (tertiary/aromatic N) is 3. The molecule has 1 N–H and O–H groups in total. The summed E-state index contributed by atoms with van der Waals surface area (Å²) in [5, 5.41) is 12.6. The van der Waals surface area contributed by atoms with Gasteiger partial charge in [-0.25, -0.2) is 0 Å². The Bertz CT molecular complexity index is 1310. The van der Waals surface area contributed by atoms with Crippen LogP contribution in [0.5, 0.6) is 0 Å². The van der Waals surface area contributed by atoms with Crippen LogP contribution in [-0.2, 0) is 33.6 Å². The number of nitrogens with one attached hydrogen (secondary N) is 1. The highest BCUT2D eigenvalue weighted by molar-refractivity contribution is 5.94. The molecule has 3 heterocycles. The molecule has 0 saturated carbocycles. The smallest absolute Gasteiger partial charge is 0.251 e. The van der Waals surface area contributed by atoms with Crippen LogP contribution in [0.1, 0.15) is 46.1 Å². The predicted molar refractivity (Wildman–Crippen MR) is 136 cm³/mol. The molecule has 184 valence electrons. The number of anilines is 1. The summed E-state index contributed by atoms with van der Waals surface area (Å²) in [6.45, 7) is 4.55. The maximum Gasteiger partial charge on any atom is 0.251 e. The first-order valence-corrected chi connectivity index (χ1v) is 12.2. The second-order valence-corrected chi connectivity index (χ2v) is 9.73. The molecule has 3 aromatic rings. The number of carbonyl (C=O) groups excluding carboxylic acids is 1. The average Bonchev–Trinajstić information content (AvgIpc) is 3.38. The lowest BCUT2D eigenvalue weighted by molar-refractivity contribution is 0.00481. The molecule has 36 heavy (non-hydrogen) atoms. The highest BCUT2D eigenvalue weighted by atomic mass is 16.5. The Balaban J connectivity index is 1.27. The Hall–Kier alpha value is -3.73. The molecule has 0 spiro atoms. The van der Waals surface area contributed by atoms with Crippen LogP contribution >= 0.6 is 0 Å². The lowest BCUT2D eigenvalue weighted by atomic mass is 9.79. The second kappa shape index (κ2) is 9.73. The van der Waals surface area contributed by atoms with Crippen molar-refractivity contribution in [1.82, 2.24) is 10.3 Å². The van der Waals surface area contributed by atoms with Crippen molar-refractivity contribution in [3.8, 4) is 6.07 Å². The van der Waals surface area contributed by atoms with Gasteiger partial charge in [-0.3, -0.25) is 9.78 Å². The minimum atomic E-state index is -0.757. The number of amides is 1. The summed E-state index contributed by atoms with van der Waals surface area (Å²) in [6, 6.07) is 22.2. The number of nitriles is 1. The molecule has 1 aromatic heterocycles. The number of fused-ring (bicyclic) bond motifs is 1. The van der Waals surface area contributed by atoms with Crippen molar-refractivity contribution in [2.75, 3.05) is 31.7 Å². The molecule has 0 bridgehead atoms. The molecule has 1 unspecified atom stereocenters. The van der Waals surface area contributed by atoms with Gasteiger partial charge in [-0.1, -0.05) is 36.4 Å². The summed E-state index contributed by atoms with van der Waals surface area (Å²) in [7, 11) is 1.77. The third-order valence-electron chi connectivity index (χ3n) is 7.38. The van der Waals surface area contributed by atoms with Gasteiger partial charge in [0.05, 0.1) is 38.1 Å². The van der Waals surface area contributed by atoms with E-state index in [0.29, 0.717) is 25.3 Å². The van der Waals surface area contributed by atoms with Gasteiger partial charge in [-0.15, -0.1) is 0 Å². The predicted octanol–water partition coefficient (Wildman–Crippen LogP) is 4.08. The van der Waals surface area contributed by atoms with Crippen LogP contribution in [0.25, 0.3) is 0 Å². The molecule has 1 fully saturated rings. The SMILES string of the molecule is COC1(c2ccccc2)CCN(c2ccnc(CNC(=O)c3ccc4c(c3)[C@](C)(C#N)COC4)c2)C1. The third kappa shape index (κ3) is 4.46. The van der Waals surface area contributed by atoms with E-state index in [2.05, 4.69) is 33.4 Å². The number of methoxy groups -OCH3 is 1. The highest BCUT2D eigenvalue weighted by Gasteiger charge is 2.40. The van der Waals surface area contributed by atoms with Crippen molar-refractivity contribution < 1.29 is 14.3 Å². The number of ether oxygens (including phenoxy) is 2. The molecular weight excluding hydrogens is 452 g/mol. The zero-order chi connectivity index (χ0) is 25.2. The Kier molecular flexibility index (Phi) is 6.48. The van der Waals surface area contributed by atoms with Crippen molar-refractivity contribution in [3.05, 3.63) is 94.8 Å². The molecule has 2 aliphatic heterocycles. The van der Waals surface area contributed by atoms with Gasteiger partial charge in [-0.2, -0.15) is 5.26 Å². The number of hydrogen-bond acceptors (Lipinski definition) is 6. The Morgan fingerprint density at radius 1 is 1.22 bits per heavy atom. The summed E-state index contributed by atoms with van der Waals surface area (Å²) < 4.78 is 11.6. The lowest BCUT2D eigenvalue weighted by Gasteiger charge is -2.30. The van der Waals surface area contributed by atoms with Crippen LogP contribution in [0.2, 0.25) is 0 Å². The van der Waals surface area contributed by atoms with E-state index < -0.39 is 5.41 Å². The van der Waals surface area contributed by atoms with Crippen LogP contribution in [0, 0.1) is 11.3 Å². The summed E-state index contributed by atoms with van der Waals surface area (Å²) in [5.41, 5.74) is 4.26. The molecular formula is C29H30N4O3. The molecule has 0 radical (unpaired) electrons. The monoisotopic (exact) mass is 482 g/mol. The number of aromatic nitrogens is 1. The quantitative estimate of drug-likeness (QED) is 0.570. The fourth-order valence-corrected chi connectivity index (χ4v) is 5.19. The van der Waals surface area contributed by atoms with E-state index in [-0.39, 0.29) is 11.5 Å². The van der Waals surface area contributed by atoms with Crippen LogP contribution in [0.4, 0.5) is 5.69 Å². The minimum Gasteiger partial charge on any atom is -0.375 e. The average molecular weight is 483 g/mol. The van der Waals surface area contributed by atoms with E-state index >= 15 is 0 Å². The van der Waals surface area contributed by atoms with Gasteiger partial charge in [0.25, 0.3) is 5.91 Å². The molecule has 5 rings (SSSR count). The lowest BCUT2D eigenvalue weighted by Crippen LogP contribution is -2.33. The third-order valence-corrected chi connectivity index (χ3v) is 7.38. The van der Waals surface area contributed by atoms with Gasteiger partial charge in [-0.05, 0) is 54.3 Å². The minimum absolute atomic E-state index is 0.194. The molecule has 0 aliphatic carbocycles. The number of pyridine rings is 1. The van der Waals surface area contributed by atoms with Gasteiger partial charge < -0.3 is 19.7 Å². The normalized spacial score (nSPS) is 23.1. The molecule has 7 nitrogen and oxygen atoms in total. The van der Waals surface area contributed by atoms with Gasteiger partial charge in [0, 0.05) is 31.1 Å². The molecule has 7 heteroatoms. The van der Waals surface area contributed by atoms with E-state index in [9.17, 15) is 10.1 Å². The van der Waals surface area contributed by atoms with Crippen LogP contribution in [0.15, 0.2) is 66.9 Å². The summed E-state index contributed by atoms with van der Waals surface area (Å²) >= 11 is 0. The van der Waals surface area contributed by atoms with Gasteiger partial charge in [0.15, 0.2) is 0 Å². The Morgan fingerprint density at radius 2 is 2.06 bits per heavy atom. The number of rotatable bonds is 6. The van der Waals surface area contributed by atoms with E-state index in [1.54, 1.807) is 19.4 Å². The maximum absolute atomic E-state index is 12.9. The molecule has 2 atom stereocenters. The van der Waals surface area contributed by atoms with Gasteiger partial charge in [0.2, 0.25) is 0 Å². The second-order valence-electron chi connectivity index (χ2n) is 9.73. The molecule has 1 amide bonds. The zero-order valence-electron chi connectivity index (χ0n) is 20.7. The van der Waals surface area contributed by atoms with Crippen LogP contribution in [0.3, 0.4) is 0 Å². The molecule has 2 aliphatic rings. The van der Waals surface area contributed by atoms with E-state index in [0.717, 1.165) is 42.0 Å². The van der Waals surface area contributed by atoms with Gasteiger partial charge in [0.1, 0.15) is 11.0 Å². The van der Waals surface area contributed by atoms with Crippen molar-refractivity contribution in [1.29, 1.82) is 5.26 Å². The standard InChI is InChI=1S/C29H30N4O3/c1-28(18-30)20-36-17-22-9-8-21(14-26(22)28)27(34)32-16-24-15-25(10-12-31-24)33-13-11-29(19-33,35-2)23-6-4-3-5-7-23/h3-10,12,14-15H,11,13,16-17,19-20H2,1-2H3,(H,32,34)/t28-,29?/m1/s1. The summed E-state index contributed by atoms with van der Waals surface area (Å²) in [5.74, 6) is -0.194. The fraction of sp³-hybridized carbons (Fsp3) is 0.345. The topological polar surface area (TPSA) is 87.5 Å². The van der Waals surface area contributed by atoms with Crippen molar-refractivity contribution >= 4 is 11.6 Å². The van der Waals surface area contributed by atoms with Gasteiger partial charge >= 0.3 is 0 Å². The first kappa shape index (κ1) is 24.0. The highest BCUT2D eigenvalue weighted by Crippen LogP contribution is 2.37. The number of hydrogen-bond donors (Lipinski definition) is 1. The van der Waals surface area contributed by atoms with Crippen molar-refractivity contribution in [2.24, 2.45) is 0 Å². The first-order valence-electron chi connectivity index (χ1n) is 12.2. The molecule has 1 saturated heterocycles. The van der Waals surface area contributed by atoms with Crippen LogP contribution in [-0.4, -0.2) is 37.7 Å². The van der Waals surface area contributed by atoms with Crippen molar-refractivity contribution in [2.45, 2.75) is 37.5 Å². The first-order chi connectivity index (χ1) is 17.5. The molecule has 2 aromatic carbocycles. The Labute approximate surface area is 211 Å². The van der Waals surface area contributed by atoms with E-state index in [1.807, 2.05) is 49.4 Å². The largest absolute Gasteiger partial charge is 0.375 e. The maximum atomic E-state index is 12.9. The summed E-state index contributed by atoms with van der Waals surface area (Å²) in [6.07, 6.45) is 2.68. The van der Waals surface area contributed by atoms with E-state index in [4.69, 9.17) is 9.47 Å². The summed E-state index contributed by atoms with van der Waals surface area (Å²) in [4.78, 5) is 19.7. The number of carbonyl (C=O) groups is 1. The Morgan fingerprint density at radius 3 is 2.83 bits per heavy atom. The van der Waals surface area contributed by atoms with Crippen LogP contribution < -0.4 is 10.2 Å². The van der Waals surface area contributed by atoms with Crippen molar-refractivity contribution in [3.63, 3.8) is 0 Å². The number of benzene rings is 2. The van der Waals surface area contributed by atoms with E-state index in [1.165, 1.54) is 5.56 Å².